The molecule has 0 aliphatic rings. The van der Waals surface area contributed by atoms with Gasteiger partial charge in [-0.25, -0.2) is 0 Å². The number of ether oxygens (including phenoxy) is 1. The smallest absolute Gasteiger partial charge is 0.108 e. The van der Waals surface area contributed by atoms with Gasteiger partial charge in [-0.3, -0.25) is 0 Å². The first-order chi connectivity index (χ1) is 8.52. The molecule has 0 aromatic carbocycles. The van der Waals surface area contributed by atoms with E-state index in [1.54, 1.807) is 0 Å². The van der Waals surface area contributed by atoms with Crippen LogP contribution in [0.3, 0.4) is 0 Å². The average Bonchev–Trinajstić information content (AvgIpc) is 2.35. The molecular weight excluding hydrogens is 240 g/mol. The third kappa shape index (κ3) is 7.44. The van der Waals surface area contributed by atoms with Crippen molar-refractivity contribution in [3.05, 3.63) is 10.4 Å². The van der Waals surface area contributed by atoms with Gasteiger partial charge in [0, 0.05) is 31.7 Å². The molecule has 3 N–H and O–H groups in total. The number of methoxy groups -OCH3 is 1. The van der Waals surface area contributed by atoms with Crippen LogP contribution in [-0.4, -0.2) is 78.9 Å². The summed E-state index contributed by atoms with van der Waals surface area (Å²) >= 11 is 0. The second kappa shape index (κ2) is 10.1. The summed E-state index contributed by atoms with van der Waals surface area (Å²) in [6.45, 7) is 1.44. The molecule has 8 nitrogen and oxygen atoms in total. The maximum atomic E-state index is 9.66. The maximum absolute atomic E-state index is 9.66. The van der Waals surface area contributed by atoms with Gasteiger partial charge in [-0.05, 0) is 19.0 Å². The lowest BCUT2D eigenvalue weighted by Crippen LogP contribution is -2.41. The SMILES string of the molecule is COCC(O)[C@@H](O)[C@H](O)CCN(C)CCN=[N+]=[N-]. The van der Waals surface area contributed by atoms with Gasteiger partial charge in [-0.1, -0.05) is 5.11 Å². The van der Waals surface area contributed by atoms with Gasteiger partial charge < -0.3 is 25.0 Å². The molecule has 0 aromatic heterocycles. The first-order valence-electron chi connectivity index (χ1n) is 5.75. The summed E-state index contributed by atoms with van der Waals surface area (Å²) in [5.41, 5.74) is 8.11. The first-order valence-corrected chi connectivity index (χ1v) is 5.75. The van der Waals surface area contributed by atoms with Crippen molar-refractivity contribution in [1.29, 1.82) is 0 Å². The number of azide groups is 1. The summed E-state index contributed by atoms with van der Waals surface area (Å²) in [5.74, 6) is 0. The van der Waals surface area contributed by atoms with Crippen LogP contribution < -0.4 is 0 Å². The first kappa shape index (κ1) is 17.1. The van der Waals surface area contributed by atoms with E-state index < -0.39 is 18.3 Å². The second-order valence-corrected chi connectivity index (χ2v) is 4.13. The topological polar surface area (TPSA) is 122 Å². The summed E-state index contributed by atoms with van der Waals surface area (Å²) in [7, 11) is 3.23. The van der Waals surface area contributed by atoms with Crippen molar-refractivity contribution in [2.45, 2.75) is 24.7 Å². The average molecular weight is 262 g/mol. The number of likely N-dealkylation sites (N-methyl/N-ethyl adjacent to an activating group) is 1. The van der Waals surface area contributed by atoms with Crippen molar-refractivity contribution >= 4 is 0 Å². The van der Waals surface area contributed by atoms with Gasteiger partial charge >= 0.3 is 0 Å². The molecular formula is C10H22N4O4. The highest BCUT2D eigenvalue weighted by atomic mass is 16.5. The molecule has 0 aliphatic heterocycles. The Hall–Kier alpha value is -0.890. The Morgan fingerprint density at radius 1 is 1.28 bits per heavy atom. The lowest BCUT2D eigenvalue weighted by atomic mass is 10.1. The summed E-state index contributed by atoms with van der Waals surface area (Å²) in [4.78, 5) is 4.51. The molecule has 8 heteroatoms. The number of hydrogen-bond acceptors (Lipinski definition) is 6. The van der Waals surface area contributed by atoms with Crippen LogP contribution in [0.5, 0.6) is 0 Å². The minimum atomic E-state index is -1.23. The molecule has 0 saturated heterocycles. The van der Waals surface area contributed by atoms with E-state index in [9.17, 15) is 15.3 Å². The maximum Gasteiger partial charge on any atom is 0.108 e. The number of nitrogens with zero attached hydrogens (tertiary/aromatic N) is 4. The van der Waals surface area contributed by atoms with Gasteiger partial charge in [0.25, 0.3) is 0 Å². The second-order valence-electron chi connectivity index (χ2n) is 4.13. The van der Waals surface area contributed by atoms with Gasteiger partial charge in [0.15, 0.2) is 0 Å². The van der Waals surface area contributed by atoms with E-state index in [0.29, 0.717) is 26.1 Å². The van der Waals surface area contributed by atoms with Gasteiger partial charge in [0.1, 0.15) is 12.2 Å². The third-order valence-corrected chi connectivity index (χ3v) is 2.58. The van der Waals surface area contributed by atoms with Crippen LogP contribution in [0.2, 0.25) is 0 Å². The Bertz CT molecular complexity index is 260. The quantitative estimate of drug-likeness (QED) is 0.274. The third-order valence-electron chi connectivity index (χ3n) is 2.58. The molecule has 3 atom stereocenters. The van der Waals surface area contributed by atoms with Crippen LogP contribution in [0.4, 0.5) is 0 Å². The van der Waals surface area contributed by atoms with Crippen LogP contribution in [0, 0.1) is 0 Å². The van der Waals surface area contributed by atoms with Crippen molar-refractivity contribution in [2.75, 3.05) is 40.4 Å². The number of rotatable bonds is 10. The number of aliphatic hydroxyl groups is 3. The molecule has 0 aliphatic carbocycles. The predicted octanol–water partition coefficient (Wildman–Crippen LogP) is -0.652. The van der Waals surface area contributed by atoms with Crippen LogP contribution in [0.25, 0.3) is 10.4 Å². The molecule has 0 saturated carbocycles. The molecule has 0 rings (SSSR count). The highest BCUT2D eigenvalue weighted by Gasteiger charge is 2.24. The van der Waals surface area contributed by atoms with E-state index in [2.05, 4.69) is 14.8 Å². The molecule has 18 heavy (non-hydrogen) atoms. The van der Waals surface area contributed by atoms with Crippen LogP contribution in [-0.2, 0) is 4.74 Å². The molecule has 0 fully saturated rings. The van der Waals surface area contributed by atoms with Crippen molar-refractivity contribution in [3.8, 4) is 0 Å². The zero-order valence-corrected chi connectivity index (χ0v) is 10.8. The van der Waals surface area contributed by atoms with Crippen LogP contribution in [0.15, 0.2) is 5.11 Å². The normalized spacial score (nSPS) is 16.1. The summed E-state index contributed by atoms with van der Waals surface area (Å²) < 4.78 is 4.69. The standard InChI is InChI=1S/C10H22N4O4/c1-14(6-4-12-13-11)5-3-8(15)10(17)9(16)7-18-2/h8-10,15-17H,3-7H2,1-2H3/t8-,9?,10+/m1/s1. The number of aliphatic hydroxyl groups excluding tert-OH is 3. The van der Waals surface area contributed by atoms with Gasteiger partial charge in [0.05, 0.1) is 12.7 Å². The van der Waals surface area contributed by atoms with E-state index in [1.807, 2.05) is 11.9 Å². The molecule has 0 aromatic rings. The fourth-order valence-corrected chi connectivity index (χ4v) is 1.42. The number of hydrogen-bond donors (Lipinski definition) is 3. The van der Waals surface area contributed by atoms with E-state index in [0.717, 1.165) is 0 Å². The summed E-state index contributed by atoms with van der Waals surface area (Å²) in [6.07, 6.45) is -3.03. The monoisotopic (exact) mass is 262 g/mol. The highest BCUT2D eigenvalue weighted by molar-refractivity contribution is 4.76. The summed E-state index contributed by atoms with van der Waals surface area (Å²) in [6, 6.07) is 0. The molecule has 0 radical (unpaired) electrons. The fourth-order valence-electron chi connectivity index (χ4n) is 1.42. The lowest BCUT2D eigenvalue weighted by molar-refractivity contribution is -0.0851. The predicted molar refractivity (Wildman–Crippen MR) is 66.0 cm³/mol. The Morgan fingerprint density at radius 3 is 2.50 bits per heavy atom. The fraction of sp³-hybridized carbons (Fsp3) is 1.00. The van der Waals surface area contributed by atoms with Gasteiger partial charge in [-0.2, -0.15) is 0 Å². The largest absolute Gasteiger partial charge is 0.390 e. The Kier molecular flexibility index (Phi) is 9.57. The molecule has 0 heterocycles. The van der Waals surface area contributed by atoms with Crippen molar-refractivity contribution in [1.82, 2.24) is 4.90 Å². The van der Waals surface area contributed by atoms with E-state index in [4.69, 9.17) is 5.53 Å². The lowest BCUT2D eigenvalue weighted by Gasteiger charge is -2.24. The minimum absolute atomic E-state index is 0.0229. The van der Waals surface area contributed by atoms with Crippen LogP contribution in [0.1, 0.15) is 6.42 Å². The molecule has 0 spiro atoms. The zero-order valence-electron chi connectivity index (χ0n) is 10.8. The van der Waals surface area contributed by atoms with Crippen LogP contribution >= 0.6 is 0 Å². The van der Waals surface area contributed by atoms with E-state index in [1.165, 1.54) is 7.11 Å². The highest BCUT2D eigenvalue weighted by Crippen LogP contribution is 2.05. The molecule has 106 valence electrons. The molecule has 0 amide bonds. The van der Waals surface area contributed by atoms with Crippen molar-refractivity contribution < 1.29 is 20.1 Å². The van der Waals surface area contributed by atoms with E-state index in [-0.39, 0.29) is 6.61 Å². The van der Waals surface area contributed by atoms with E-state index >= 15 is 0 Å². The Balaban J connectivity index is 3.86. The molecule has 0 bridgehead atoms. The Morgan fingerprint density at radius 2 is 1.94 bits per heavy atom. The molecule has 1 unspecified atom stereocenters. The van der Waals surface area contributed by atoms with Gasteiger partial charge in [0.2, 0.25) is 0 Å². The Labute approximate surface area is 106 Å². The van der Waals surface area contributed by atoms with Crippen molar-refractivity contribution in [3.63, 3.8) is 0 Å². The minimum Gasteiger partial charge on any atom is -0.390 e. The van der Waals surface area contributed by atoms with Crippen molar-refractivity contribution in [2.24, 2.45) is 5.11 Å². The van der Waals surface area contributed by atoms with Gasteiger partial charge in [-0.15, -0.1) is 0 Å². The zero-order chi connectivity index (χ0) is 14.0. The summed E-state index contributed by atoms with van der Waals surface area (Å²) in [5, 5.41) is 32.1.